The number of hydrogen-bond acceptors (Lipinski definition) is 6. The normalized spacial score (nSPS) is 29.9. The summed E-state index contributed by atoms with van der Waals surface area (Å²) in [5.74, 6) is -1.08. The molecule has 0 aromatic heterocycles. The molecule has 5 atom stereocenters. The number of likely N-dealkylation sites (tertiary alicyclic amines) is 3. The minimum atomic E-state index is -0.941. The standard InChI is InChI=1S/C23H27N5O4/c24-10-15-2-1-7-27(15)21(29)18(25)12-26-11-16-9-20(26)22(30)28(16)19-6-4-13-8-14(23(31)32)3-5-17(13)19/h3,5,8,15-16,18-20H,1-2,4,6-7,9,11-12,25H2,(H,31,32)/t15-,16+,18-,19-,20+/m0/s1. The van der Waals surface area contributed by atoms with Crippen molar-refractivity contribution < 1.29 is 19.5 Å². The molecular weight excluding hydrogens is 410 g/mol. The number of amides is 2. The average Bonchev–Trinajstić information content (AvgIpc) is 3.55. The molecular formula is C23H27N5O4. The van der Waals surface area contributed by atoms with Gasteiger partial charge < -0.3 is 20.6 Å². The van der Waals surface area contributed by atoms with E-state index in [-0.39, 0.29) is 35.5 Å². The first-order chi connectivity index (χ1) is 15.4. The van der Waals surface area contributed by atoms with E-state index in [2.05, 4.69) is 6.07 Å². The van der Waals surface area contributed by atoms with E-state index < -0.39 is 18.1 Å². The van der Waals surface area contributed by atoms with Gasteiger partial charge in [-0.1, -0.05) is 6.07 Å². The highest BCUT2D eigenvalue weighted by Crippen LogP contribution is 2.44. The second-order valence-corrected chi connectivity index (χ2v) is 9.30. The number of piperazine rings is 1. The van der Waals surface area contributed by atoms with Crippen molar-refractivity contribution in [2.45, 2.75) is 62.3 Å². The molecule has 2 bridgehead atoms. The Bertz CT molecular complexity index is 1020. The zero-order valence-electron chi connectivity index (χ0n) is 17.8. The smallest absolute Gasteiger partial charge is 0.335 e. The summed E-state index contributed by atoms with van der Waals surface area (Å²) in [6, 6.07) is 6.00. The molecule has 3 N–H and O–H groups in total. The molecule has 0 radical (unpaired) electrons. The van der Waals surface area contributed by atoms with Gasteiger partial charge in [0.05, 0.1) is 29.8 Å². The van der Waals surface area contributed by atoms with Gasteiger partial charge in [0, 0.05) is 25.7 Å². The number of carbonyl (C=O) groups excluding carboxylic acids is 2. The third-order valence-electron chi connectivity index (χ3n) is 7.52. The van der Waals surface area contributed by atoms with Gasteiger partial charge in [-0.15, -0.1) is 0 Å². The van der Waals surface area contributed by atoms with Crippen molar-refractivity contribution in [3.63, 3.8) is 0 Å². The molecule has 2 amide bonds. The highest BCUT2D eigenvalue weighted by atomic mass is 16.4. The van der Waals surface area contributed by atoms with Gasteiger partial charge in [-0.05, 0) is 55.4 Å². The van der Waals surface area contributed by atoms with Gasteiger partial charge in [0.25, 0.3) is 0 Å². The number of nitriles is 1. The summed E-state index contributed by atoms with van der Waals surface area (Å²) in [6.45, 7) is 1.56. The Kier molecular flexibility index (Phi) is 5.14. The van der Waals surface area contributed by atoms with Crippen molar-refractivity contribution in [1.29, 1.82) is 5.26 Å². The van der Waals surface area contributed by atoms with Gasteiger partial charge in [0.2, 0.25) is 11.8 Å². The van der Waals surface area contributed by atoms with Crippen LogP contribution in [0.25, 0.3) is 0 Å². The third-order valence-corrected chi connectivity index (χ3v) is 7.52. The number of nitrogens with two attached hydrogens (primary N) is 1. The summed E-state index contributed by atoms with van der Waals surface area (Å²) < 4.78 is 0. The molecule has 0 saturated carbocycles. The van der Waals surface area contributed by atoms with Crippen LogP contribution in [0.2, 0.25) is 0 Å². The molecule has 1 aromatic rings. The number of aromatic carboxylic acids is 1. The second kappa shape index (κ2) is 7.87. The molecule has 0 unspecified atom stereocenters. The minimum absolute atomic E-state index is 0.0196. The molecule has 5 rings (SSSR count). The molecule has 9 nitrogen and oxygen atoms in total. The summed E-state index contributed by atoms with van der Waals surface area (Å²) in [4.78, 5) is 42.9. The van der Waals surface area contributed by atoms with E-state index in [1.54, 1.807) is 17.0 Å². The number of carboxylic acid groups (broad SMARTS) is 1. The van der Waals surface area contributed by atoms with Crippen LogP contribution in [0.15, 0.2) is 18.2 Å². The Labute approximate surface area is 186 Å². The first-order valence-electron chi connectivity index (χ1n) is 11.3. The van der Waals surface area contributed by atoms with Crippen molar-refractivity contribution in [2.24, 2.45) is 5.73 Å². The van der Waals surface area contributed by atoms with Crippen LogP contribution in [0, 0.1) is 11.3 Å². The quantitative estimate of drug-likeness (QED) is 0.686. The Balaban J connectivity index is 1.25. The molecule has 32 heavy (non-hydrogen) atoms. The number of benzene rings is 1. The van der Waals surface area contributed by atoms with Crippen molar-refractivity contribution in [2.75, 3.05) is 19.6 Å². The lowest BCUT2D eigenvalue weighted by Crippen LogP contribution is -2.56. The first-order valence-corrected chi connectivity index (χ1v) is 11.3. The van der Waals surface area contributed by atoms with Crippen molar-refractivity contribution in [1.82, 2.24) is 14.7 Å². The number of aryl methyl sites for hydroxylation is 1. The molecule has 3 heterocycles. The average molecular weight is 438 g/mol. The summed E-state index contributed by atoms with van der Waals surface area (Å²) in [7, 11) is 0. The lowest BCUT2D eigenvalue weighted by atomic mass is 10.0. The fourth-order valence-corrected chi connectivity index (χ4v) is 6.03. The zero-order valence-corrected chi connectivity index (χ0v) is 17.8. The van der Waals surface area contributed by atoms with E-state index in [0.717, 1.165) is 36.8 Å². The molecule has 9 heteroatoms. The van der Waals surface area contributed by atoms with Gasteiger partial charge in [-0.25, -0.2) is 4.79 Å². The number of carbonyl (C=O) groups is 3. The van der Waals surface area contributed by atoms with Crippen LogP contribution in [0.4, 0.5) is 0 Å². The predicted octanol–water partition coefficient (Wildman–Crippen LogP) is 0.499. The van der Waals surface area contributed by atoms with E-state index in [9.17, 15) is 24.8 Å². The van der Waals surface area contributed by atoms with Crippen LogP contribution in [-0.2, 0) is 16.0 Å². The molecule has 3 fully saturated rings. The second-order valence-electron chi connectivity index (χ2n) is 9.30. The third kappa shape index (κ3) is 3.26. The van der Waals surface area contributed by atoms with Crippen LogP contribution < -0.4 is 5.73 Å². The van der Waals surface area contributed by atoms with Crippen LogP contribution in [0.3, 0.4) is 0 Å². The molecule has 3 saturated heterocycles. The SMILES string of the molecule is N#C[C@@H]1CCCN1C(=O)[C@@H](N)CN1C[C@H]2C[C@@H]1C(=O)N2[C@H]1CCc2cc(C(=O)O)ccc21. The van der Waals surface area contributed by atoms with Crippen LogP contribution in [-0.4, -0.2) is 81.4 Å². The van der Waals surface area contributed by atoms with Crippen molar-refractivity contribution in [3.05, 3.63) is 34.9 Å². The lowest BCUT2D eigenvalue weighted by molar-refractivity contribution is -0.141. The number of carboxylic acids is 1. The molecule has 1 aromatic carbocycles. The molecule has 0 spiro atoms. The van der Waals surface area contributed by atoms with E-state index in [4.69, 9.17) is 5.73 Å². The largest absolute Gasteiger partial charge is 0.478 e. The van der Waals surface area contributed by atoms with Gasteiger partial charge in [-0.2, -0.15) is 5.26 Å². The van der Waals surface area contributed by atoms with E-state index in [1.807, 2.05) is 15.9 Å². The summed E-state index contributed by atoms with van der Waals surface area (Å²) in [5.41, 5.74) is 8.55. The summed E-state index contributed by atoms with van der Waals surface area (Å²) >= 11 is 0. The Hall–Kier alpha value is -2.96. The Morgan fingerprint density at radius 3 is 2.81 bits per heavy atom. The van der Waals surface area contributed by atoms with E-state index >= 15 is 0 Å². The highest BCUT2D eigenvalue weighted by Gasteiger charge is 2.53. The Morgan fingerprint density at radius 2 is 2.09 bits per heavy atom. The maximum atomic E-state index is 13.3. The Morgan fingerprint density at radius 1 is 1.28 bits per heavy atom. The van der Waals surface area contributed by atoms with Gasteiger partial charge in [-0.3, -0.25) is 14.5 Å². The minimum Gasteiger partial charge on any atom is -0.478 e. The molecule has 4 aliphatic rings. The predicted molar refractivity (Wildman–Crippen MR) is 113 cm³/mol. The van der Waals surface area contributed by atoms with Crippen molar-refractivity contribution in [3.8, 4) is 6.07 Å². The number of rotatable bonds is 5. The molecule has 1 aliphatic carbocycles. The number of hydrogen-bond donors (Lipinski definition) is 2. The van der Waals surface area contributed by atoms with E-state index in [1.165, 1.54) is 0 Å². The zero-order chi connectivity index (χ0) is 22.6. The topological polar surface area (TPSA) is 131 Å². The number of fused-ring (bicyclic) bond motifs is 3. The highest BCUT2D eigenvalue weighted by molar-refractivity contribution is 5.89. The van der Waals surface area contributed by atoms with Crippen LogP contribution in [0.1, 0.15) is 53.2 Å². The van der Waals surface area contributed by atoms with Gasteiger partial charge in [0.15, 0.2) is 0 Å². The fraction of sp³-hybridized carbons (Fsp3) is 0.565. The summed E-state index contributed by atoms with van der Waals surface area (Å²) in [6.07, 6.45) is 3.80. The van der Waals surface area contributed by atoms with Crippen LogP contribution in [0.5, 0.6) is 0 Å². The maximum Gasteiger partial charge on any atom is 0.335 e. The molecule has 3 aliphatic heterocycles. The van der Waals surface area contributed by atoms with Gasteiger partial charge in [0.1, 0.15) is 6.04 Å². The first kappa shape index (κ1) is 20.9. The molecule has 168 valence electrons. The maximum absolute atomic E-state index is 13.3. The van der Waals surface area contributed by atoms with E-state index in [0.29, 0.717) is 26.1 Å². The summed E-state index contributed by atoms with van der Waals surface area (Å²) in [5, 5.41) is 18.5. The number of nitrogens with zero attached hydrogens (tertiary/aromatic N) is 4. The van der Waals surface area contributed by atoms with Crippen LogP contribution >= 0.6 is 0 Å². The fourth-order valence-electron chi connectivity index (χ4n) is 6.03. The lowest BCUT2D eigenvalue weighted by Gasteiger charge is -2.38. The van der Waals surface area contributed by atoms with Gasteiger partial charge >= 0.3 is 5.97 Å². The monoisotopic (exact) mass is 437 g/mol. The van der Waals surface area contributed by atoms with Crippen molar-refractivity contribution >= 4 is 17.8 Å².